The van der Waals surface area contributed by atoms with Gasteiger partial charge in [-0.1, -0.05) is 11.6 Å². The van der Waals surface area contributed by atoms with Gasteiger partial charge in [0.15, 0.2) is 0 Å². The summed E-state index contributed by atoms with van der Waals surface area (Å²) in [5.41, 5.74) is 1.38. The van der Waals surface area contributed by atoms with Crippen LogP contribution in [0.5, 0.6) is 0 Å². The quantitative estimate of drug-likeness (QED) is 0.687. The summed E-state index contributed by atoms with van der Waals surface area (Å²) in [6, 6.07) is 0. The Morgan fingerprint density at radius 2 is 1.94 bits per heavy atom. The van der Waals surface area contributed by atoms with E-state index in [0.29, 0.717) is 6.61 Å². The van der Waals surface area contributed by atoms with Gasteiger partial charge in [-0.2, -0.15) is 0 Å². The number of carbonyl (C=O) groups excluding carboxylic acids is 1. The van der Waals surface area contributed by atoms with Gasteiger partial charge in [-0.3, -0.25) is 4.90 Å². The molecule has 1 saturated heterocycles. The maximum absolute atomic E-state index is 11.5. The zero-order valence-electron chi connectivity index (χ0n) is 10.5. The standard InChI is InChI=1S/C12H22N2O2/c1-4-11(3)10-13-6-8-14(9-7-13)12(15)16-5-2/h4H,5-10H2,1-3H3/b11-4+. The third-order valence-electron chi connectivity index (χ3n) is 2.86. The topological polar surface area (TPSA) is 32.8 Å². The normalized spacial score (nSPS) is 18.7. The van der Waals surface area contributed by atoms with Gasteiger partial charge in [-0.05, 0) is 20.8 Å². The fourth-order valence-electron chi connectivity index (χ4n) is 1.75. The van der Waals surface area contributed by atoms with E-state index >= 15 is 0 Å². The summed E-state index contributed by atoms with van der Waals surface area (Å²) in [4.78, 5) is 15.6. The number of hydrogen-bond acceptors (Lipinski definition) is 3. The molecule has 1 amide bonds. The molecule has 0 aromatic rings. The van der Waals surface area contributed by atoms with Crippen molar-refractivity contribution in [3.05, 3.63) is 11.6 Å². The molecule has 4 nitrogen and oxygen atoms in total. The summed E-state index contributed by atoms with van der Waals surface area (Å²) in [5, 5.41) is 0. The molecule has 1 rings (SSSR count). The van der Waals surface area contributed by atoms with E-state index in [0.717, 1.165) is 32.7 Å². The molecule has 0 N–H and O–H groups in total. The van der Waals surface area contributed by atoms with Gasteiger partial charge in [0.05, 0.1) is 6.61 Å². The van der Waals surface area contributed by atoms with Crippen LogP contribution < -0.4 is 0 Å². The minimum atomic E-state index is -0.176. The fourth-order valence-corrected chi connectivity index (χ4v) is 1.75. The third kappa shape index (κ3) is 3.85. The molecule has 16 heavy (non-hydrogen) atoms. The maximum atomic E-state index is 11.5. The minimum absolute atomic E-state index is 0.176. The lowest BCUT2D eigenvalue weighted by Gasteiger charge is -2.34. The fraction of sp³-hybridized carbons (Fsp3) is 0.750. The summed E-state index contributed by atoms with van der Waals surface area (Å²) in [7, 11) is 0. The van der Waals surface area contributed by atoms with Crippen LogP contribution in [0.2, 0.25) is 0 Å². The Bertz CT molecular complexity index is 256. The van der Waals surface area contributed by atoms with Crippen LogP contribution in [0.1, 0.15) is 20.8 Å². The zero-order valence-corrected chi connectivity index (χ0v) is 10.5. The van der Waals surface area contributed by atoms with Crippen LogP contribution in [0.15, 0.2) is 11.6 Å². The minimum Gasteiger partial charge on any atom is -0.450 e. The van der Waals surface area contributed by atoms with Gasteiger partial charge in [0.25, 0.3) is 0 Å². The number of nitrogens with zero attached hydrogens (tertiary/aromatic N) is 2. The SMILES string of the molecule is C/C=C(\C)CN1CCN(C(=O)OCC)CC1. The first-order chi connectivity index (χ1) is 7.67. The molecule has 92 valence electrons. The van der Waals surface area contributed by atoms with Crippen molar-refractivity contribution in [1.29, 1.82) is 0 Å². The van der Waals surface area contributed by atoms with Gasteiger partial charge in [-0.25, -0.2) is 4.79 Å². The van der Waals surface area contributed by atoms with Crippen LogP contribution in [0.4, 0.5) is 4.79 Å². The summed E-state index contributed by atoms with van der Waals surface area (Å²) < 4.78 is 4.98. The second kappa shape index (κ2) is 6.53. The number of ether oxygens (including phenoxy) is 1. The predicted molar refractivity (Wildman–Crippen MR) is 64.5 cm³/mol. The lowest BCUT2D eigenvalue weighted by molar-refractivity contribution is 0.0819. The highest BCUT2D eigenvalue weighted by Gasteiger charge is 2.21. The van der Waals surface area contributed by atoms with Crippen molar-refractivity contribution in [2.45, 2.75) is 20.8 Å². The highest BCUT2D eigenvalue weighted by Crippen LogP contribution is 2.06. The molecule has 0 radical (unpaired) electrons. The highest BCUT2D eigenvalue weighted by molar-refractivity contribution is 5.67. The van der Waals surface area contributed by atoms with E-state index in [1.807, 2.05) is 6.92 Å². The molecule has 0 bridgehead atoms. The number of allylic oxidation sites excluding steroid dienone is 1. The first-order valence-electron chi connectivity index (χ1n) is 5.93. The molecule has 0 unspecified atom stereocenters. The number of amides is 1. The maximum Gasteiger partial charge on any atom is 0.409 e. The molecule has 0 spiro atoms. The number of rotatable bonds is 3. The van der Waals surface area contributed by atoms with Gasteiger partial charge < -0.3 is 9.64 Å². The van der Waals surface area contributed by atoms with E-state index in [2.05, 4.69) is 24.8 Å². The number of hydrogen-bond donors (Lipinski definition) is 0. The van der Waals surface area contributed by atoms with E-state index in [9.17, 15) is 4.79 Å². The molecule has 1 heterocycles. The lowest BCUT2D eigenvalue weighted by atomic mass is 10.2. The first-order valence-corrected chi connectivity index (χ1v) is 5.93. The summed E-state index contributed by atoms with van der Waals surface area (Å²) >= 11 is 0. The Kier molecular flexibility index (Phi) is 5.32. The van der Waals surface area contributed by atoms with E-state index < -0.39 is 0 Å². The van der Waals surface area contributed by atoms with Crippen LogP contribution in [-0.2, 0) is 4.74 Å². The summed E-state index contributed by atoms with van der Waals surface area (Å²) in [5.74, 6) is 0. The lowest BCUT2D eigenvalue weighted by Crippen LogP contribution is -2.49. The van der Waals surface area contributed by atoms with Crippen LogP contribution in [0, 0.1) is 0 Å². The summed E-state index contributed by atoms with van der Waals surface area (Å²) in [6.07, 6.45) is 1.96. The van der Waals surface area contributed by atoms with Gasteiger partial charge in [0.1, 0.15) is 0 Å². The van der Waals surface area contributed by atoms with E-state index in [1.165, 1.54) is 5.57 Å². The second-order valence-corrected chi connectivity index (χ2v) is 4.10. The van der Waals surface area contributed by atoms with E-state index in [1.54, 1.807) is 4.90 Å². The van der Waals surface area contributed by atoms with Crippen LogP contribution in [-0.4, -0.2) is 55.2 Å². The Hall–Kier alpha value is -1.03. The van der Waals surface area contributed by atoms with Crippen LogP contribution >= 0.6 is 0 Å². The molecule has 1 aliphatic rings. The van der Waals surface area contributed by atoms with Crippen molar-refractivity contribution in [3.63, 3.8) is 0 Å². The molecule has 0 aromatic carbocycles. The molecule has 0 aliphatic carbocycles. The monoisotopic (exact) mass is 226 g/mol. The number of carbonyl (C=O) groups is 1. The Labute approximate surface area is 97.9 Å². The summed E-state index contributed by atoms with van der Waals surface area (Å²) in [6.45, 7) is 10.9. The molecule has 0 aromatic heterocycles. The first kappa shape index (κ1) is 13.0. The van der Waals surface area contributed by atoms with Crippen molar-refractivity contribution in [2.24, 2.45) is 0 Å². The van der Waals surface area contributed by atoms with E-state index in [4.69, 9.17) is 4.74 Å². The average molecular weight is 226 g/mol. The molecule has 1 aliphatic heterocycles. The Morgan fingerprint density at radius 1 is 1.31 bits per heavy atom. The van der Waals surface area contributed by atoms with Gasteiger partial charge in [-0.15, -0.1) is 0 Å². The molecule has 0 atom stereocenters. The van der Waals surface area contributed by atoms with Gasteiger partial charge in [0.2, 0.25) is 0 Å². The third-order valence-corrected chi connectivity index (χ3v) is 2.86. The number of piperazine rings is 1. The largest absolute Gasteiger partial charge is 0.450 e. The average Bonchev–Trinajstić information content (AvgIpc) is 2.30. The highest BCUT2D eigenvalue weighted by atomic mass is 16.6. The van der Waals surface area contributed by atoms with Crippen LogP contribution in [0.3, 0.4) is 0 Å². The molecular formula is C12H22N2O2. The van der Waals surface area contributed by atoms with Crippen molar-refractivity contribution >= 4 is 6.09 Å². The van der Waals surface area contributed by atoms with Crippen LogP contribution in [0.25, 0.3) is 0 Å². The Balaban J connectivity index is 2.31. The predicted octanol–water partition coefficient (Wildman–Crippen LogP) is 1.73. The van der Waals surface area contributed by atoms with Gasteiger partial charge in [0, 0.05) is 32.7 Å². The van der Waals surface area contributed by atoms with Gasteiger partial charge >= 0.3 is 6.09 Å². The van der Waals surface area contributed by atoms with Crippen molar-refractivity contribution in [3.8, 4) is 0 Å². The smallest absolute Gasteiger partial charge is 0.409 e. The Morgan fingerprint density at radius 3 is 2.44 bits per heavy atom. The van der Waals surface area contributed by atoms with E-state index in [-0.39, 0.29) is 6.09 Å². The van der Waals surface area contributed by atoms with Crippen molar-refractivity contribution < 1.29 is 9.53 Å². The second-order valence-electron chi connectivity index (χ2n) is 4.10. The van der Waals surface area contributed by atoms with Crippen molar-refractivity contribution in [2.75, 3.05) is 39.3 Å². The van der Waals surface area contributed by atoms with Crippen molar-refractivity contribution in [1.82, 2.24) is 9.80 Å². The zero-order chi connectivity index (χ0) is 12.0. The molecule has 4 heteroatoms. The molecule has 0 saturated carbocycles. The molecule has 1 fully saturated rings. The molecular weight excluding hydrogens is 204 g/mol.